The van der Waals surface area contributed by atoms with E-state index in [1.54, 1.807) is 20.5 Å². The molecule has 0 amide bonds. The minimum absolute atomic E-state index is 0.216. The summed E-state index contributed by atoms with van der Waals surface area (Å²) in [5.41, 5.74) is 1.17. The molecule has 1 aliphatic heterocycles. The molecular formula is C23H33N3O4. The summed E-state index contributed by atoms with van der Waals surface area (Å²) in [6.07, 6.45) is 7.02. The third-order valence-electron chi connectivity index (χ3n) is 5.13. The van der Waals surface area contributed by atoms with Crippen LogP contribution in [0.1, 0.15) is 30.6 Å². The summed E-state index contributed by atoms with van der Waals surface area (Å²) in [7, 11) is 3.30. The first-order chi connectivity index (χ1) is 14.8. The highest BCUT2D eigenvalue weighted by atomic mass is 16.5. The van der Waals surface area contributed by atoms with Crippen molar-refractivity contribution in [1.29, 1.82) is 0 Å². The second-order valence-corrected chi connectivity index (χ2v) is 7.30. The highest BCUT2D eigenvalue weighted by molar-refractivity contribution is 5.79. The third kappa shape index (κ3) is 6.99. The number of ether oxygens (including phenoxy) is 3. The molecule has 0 aliphatic carbocycles. The van der Waals surface area contributed by atoms with Crippen molar-refractivity contribution in [2.24, 2.45) is 4.99 Å². The van der Waals surface area contributed by atoms with Gasteiger partial charge >= 0.3 is 0 Å². The molecule has 0 bridgehead atoms. The molecule has 7 nitrogen and oxygen atoms in total. The van der Waals surface area contributed by atoms with Gasteiger partial charge in [0.25, 0.3) is 0 Å². The predicted octanol–water partition coefficient (Wildman–Crippen LogP) is 3.19. The average molecular weight is 416 g/mol. The fourth-order valence-corrected chi connectivity index (χ4v) is 3.44. The van der Waals surface area contributed by atoms with E-state index < -0.39 is 0 Å². The number of hydrogen-bond acceptors (Lipinski definition) is 5. The maximum Gasteiger partial charge on any atom is 0.191 e. The van der Waals surface area contributed by atoms with Crippen LogP contribution < -0.4 is 20.1 Å². The van der Waals surface area contributed by atoms with Crippen LogP contribution in [0.25, 0.3) is 0 Å². The van der Waals surface area contributed by atoms with Gasteiger partial charge in [0.2, 0.25) is 0 Å². The SMILES string of the molecule is COc1ccc(CCNC(=NCC2CCCCO2)NCCc2ccco2)cc1OC. The standard InChI is InChI=1S/C23H33N3O4/c1-27-21-9-8-18(16-22(21)28-2)10-12-24-23(25-13-11-19-7-5-15-29-19)26-17-20-6-3-4-14-30-20/h5,7-9,15-16,20H,3-4,6,10-14,17H2,1-2H3,(H2,24,25,26). The zero-order valence-corrected chi connectivity index (χ0v) is 18.0. The van der Waals surface area contributed by atoms with Gasteiger partial charge in [-0.25, -0.2) is 0 Å². The maximum absolute atomic E-state index is 5.81. The summed E-state index contributed by atoms with van der Waals surface area (Å²) in [6, 6.07) is 9.90. The second kappa shape index (κ2) is 12.1. The number of guanidine groups is 1. The van der Waals surface area contributed by atoms with Crippen LogP contribution in [0.3, 0.4) is 0 Å². The molecule has 0 saturated carbocycles. The summed E-state index contributed by atoms with van der Waals surface area (Å²) in [6.45, 7) is 3.02. The van der Waals surface area contributed by atoms with Gasteiger partial charge in [0.15, 0.2) is 17.5 Å². The highest BCUT2D eigenvalue weighted by Crippen LogP contribution is 2.27. The van der Waals surface area contributed by atoms with Crippen molar-refractivity contribution >= 4 is 5.96 Å². The van der Waals surface area contributed by atoms with Crippen molar-refractivity contribution in [3.05, 3.63) is 47.9 Å². The van der Waals surface area contributed by atoms with E-state index in [4.69, 9.17) is 23.6 Å². The van der Waals surface area contributed by atoms with Crippen molar-refractivity contribution in [2.45, 2.75) is 38.2 Å². The molecule has 1 aliphatic rings. The van der Waals surface area contributed by atoms with Crippen molar-refractivity contribution in [3.8, 4) is 11.5 Å². The van der Waals surface area contributed by atoms with E-state index >= 15 is 0 Å². The van der Waals surface area contributed by atoms with Gasteiger partial charge in [-0.3, -0.25) is 4.99 Å². The molecule has 1 saturated heterocycles. The van der Waals surface area contributed by atoms with Crippen LogP contribution in [-0.4, -0.2) is 52.5 Å². The Bertz CT molecular complexity index is 771. The van der Waals surface area contributed by atoms with Gasteiger partial charge in [0.05, 0.1) is 33.1 Å². The van der Waals surface area contributed by atoms with Gasteiger partial charge in [-0.1, -0.05) is 6.07 Å². The highest BCUT2D eigenvalue weighted by Gasteiger charge is 2.13. The first kappa shape index (κ1) is 22.0. The van der Waals surface area contributed by atoms with E-state index in [1.165, 1.54) is 12.0 Å². The Balaban J connectivity index is 1.52. The number of aliphatic imine (C=N–C) groups is 1. The third-order valence-corrected chi connectivity index (χ3v) is 5.13. The van der Waals surface area contributed by atoms with Gasteiger partial charge < -0.3 is 29.3 Å². The molecular weight excluding hydrogens is 382 g/mol. The Morgan fingerprint density at radius 3 is 2.60 bits per heavy atom. The van der Waals surface area contributed by atoms with Crippen LogP contribution in [-0.2, 0) is 17.6 Å². The largest absolute Gasteiger partial charge is 0.493 e. The number of nitrogens with zero attached hydrogens (tertiary/aromatic N) is 1. The Kier molecular flexibility index (Phi) is 8.90. The van der Waals surface area contributed by atoms with E-state index in [2.05, 4.69) is 16.7 Å². The Morgan fingerprint density at radius 1 is 1.07 bits per heavy atom. The topological polar surface area (TPSA) is 77.2 Å². The fraction of sp³-hybridized carbons (Fsp3) is 0.522. The van der Waals surface area contributed by atoms with Crippen LogP contribution in [0.5, 0.6) is 11.5 Å². The number of nitrogens with one attached hydrogen (secondary N) is 2. The number of hydrogen-bond donors (Lipinski definition) is 2. The first-order valence-corrected chi connectivity index (χ1v) is 10.7. The summed E-state index contributed by atoms with van der Waals surface area (Å²) in [4.78, 5) is 4.75. The number of furan rings is 1. The minimum atomic E-state index is 0.216. The molecule has 0 radical (unpaired) electrons. The number of benzene rings is 1. The van der Waals surface area contributed by atoms with E-state index in [0.29, 0.717) is 6.54 Å². The van der Waals surface area contributed by atoms with E-state index in [9.17, 15) is 0 Å². The smallest absolute Gasteiger partial charge is 0.191 e. The molecule has 2 aromatic rings. The predicted molar refractivity (Wildman–Crippen MR) is 118 cm³/mol. The van der Waals surface area contributed by atoms with Gasteiger partial charge in [0.1, 0.15) is 5.76 Å². The summed E-state index contributed by atoms with van der Waals surface area (Å²) < 4.78 is 21.9. The molecule has 0 spiro atoms. The van der Waals surface area contributed by atoms with Crippen LogP contribution >= 0.6 is 0 Å². The van der Waals surface area contributed by atoms with Crippen LogP contribution in [0.4, 0.5) is 0 Å². The van der Waals surface area contributed by atoms with Gasteiger partial charge in [-0.15, -0.1) is 0 Å². The lowest BCUT2D eigenvalue weighted by Crippen LogP contribution is -2.40. The minimum Gasteiger partial charge on any atom is -0.493 e. The van der Waals surface area contributed by atoms with E-state index in [-0.39, 0.29) is 6.10 Å². The van der Waals surface area contributed by atoms with Crippen molar-refractivity contribution in [2.75, 3.05) is 40.5 Å². The van der Waals surface area contributed by atoms with E-state index in [0.717, 1.165) is 68.6 Å². The van der Waals surface area contributed by atoms with Gasteiger partial charge in [-0.2, -0.15) is 0 Å². The molecule has 30 heavy (non-hydrogen) atoms. The molecule has 2 heterocycles. The fourth-order valence-electron chi connectivity index (χ4n) is 3.44. The Hall–Kier alpha value is -2.67. The number of methoxy groups -OCH3 is 2. The lowest BCUT2D eigenvalue weighted by molar-refractivity contribution is 0.0224. The summed E-state index contributed by atoms with van der Waals surface area (Å²) >= 11 is 0. The lowest BCUT2D eigenvalue weighted by Gasteiger charge is -2.21. The average Bonchev–Trinajstić information content (AvgIpc) is 3.31. The zero-order chi connectivity index (χ0) is 21.0. The lowest BCUT2D eigenvalue weighted by atomic mass is 10.1. The molecule has 2 N–H and O–H groups in total. The zero-order valence-electron chi connectivity index (χ0n) is 18.0. The monoisotopic (exact) mass is 415 g/mol. The molecule has 1 aromatic heterocycles. The van der Waals surface area contributed by atoms with E-state index in [1.807, 2.05) is 24.3 Å². The van der Waals surface area contributed by atoms with Gasteiger partial charge in [-0.05, 0) is 55.5 Å². The Labute approximate surface area is 178 Å². The van der Waals surface area contributed by atoms with Gasteiger partial charge in [0, 0.05) is 26.1 Å². The summed E-state index contributed by atoms with van der Waals surface area (Å²) in [5.74, 6) is 3.25. The van der Waals surface area contributed by atoms with Crippen LogP contribution in [0, 0.1) is 0 Å². The maximum atomic E-state index is 5.81. The summed E-state index contributed by atoms with van der Waals surface area (Å²) in [5, 5.41) is 6.84. The number of rotatable bonds is 10. The molecule has 1 aromatic carbocycles. The molecule has 164 valence electrons. The van der Waals surface area contributed by atoms with Crippen molar-refractivity contribution in [1.82, 2.24) is 10.6 Å². The quantitative estimate of drug-likeness (QED) is 0.458. The first-order valence-electron chi connectivity index (χ1n) is 10.7. The molecule has 3 rings (SSSR count). The Morgan fingerprint density at radius 2 is 1.90 bits per heavy atom. The normalized spacial score (nSPS) is 16.9. The second-order valence-electron chi connectivity index (χ2n) is 7.30. The van der Waals surface area contributed by atoms with Crippen molar-refractivity contribution in [3.63, 3.8) is 0 Å². The van der Waals surface area contributed by atoms with Crippen molar-refractivity contribution < 1.29 is 18.6 Å². The molecule has 1 unspecified atom stereocenters. The molecule has 1 atom stereocenters. The van der Waals surface area contributed by atoms with Crippen LogP contribution in [0.2, 0.25) is 0 Å². The molecule has 7 heteroatoms. The molecule has 1 fully saturated rings. The van der Waals surface area contributed by atoms with Crippen LogP contribution in [0.15, 0.2) is 46.0 Å².